The number of carboxylic acids is 1. The molecule has 1 aromatic heterocycles. The third-order valence-corrected chi connectivity index (χ3v) is 6.83. The number of nitrogens with two attached hydrogens (primary N) is 1. The Hall–Kier alpha value is -1.47. The summed E-state index contributed by atoms with van der Waals surface area (Å²) in [5.74, 6) is -1.94. The lowest BCUT2D eigenvalue weighted by molar-refractivity contribution is -0.255. The number of piperidine rings is 1. The van der Waals surface area contributed by atoms with E-state index in [0.29, 0.717) is 16.8 Å². The van der Waals surface area contributed by atoms with Gasteiger partial charge in [-0.05, 0) is 30.4 Å². The van der Waals surface area contributed by atoms with Gasteiger partial charge in [0, 0.05) is 33.4 Å². The van der Waals surface area contributed by atoms with E-state index in [1.54, 1.807) is 0 Å². The minimum absolute atomic E-state index is 0.207. The number of carboxylic acid groups (broad SMARTS) is 1. The van der Waals surface area contributed by atoms with E-state index in [9.17, 15) is 26.7 Å². The number of rotatable bonds is 5. The Bertz CT molecular complexity index is 835. The van der Waals surface area contributed by atoms with Crippen molar-refractivity contribution in [2.24, 2.45) is 5.14 Å². The van der Waals surface area contributed by atoms with Crippen molar-refractivity contribution in [1.82, 2.24) is 12.6 Å². The lowest BCUT2D eigenvalue weighted by atomic mass is 9.90. The van der Waals surface area contributed by atoms with E-state index in [1.807, 2.05) is 0 Å². The summed E-state index contributed by atoms with van der Waals surface area (Å²) < 4.78 is 50.0. The first-order chi connectivity index (χ1) is 11.0. The second-order valence-corrected chi connectivity index (χ2v) is 9.28. The summed E-state index contributed by atoms with van der Waals surface area (Å²) in [6.45, 7) is 0.413. The van der Waals surface area contributed by atoms with Crippen LogP contribution in [0, 0.1) is 0 Å². The lowest BCUT2D eigenvalue weighted by Gasteiger charge is -2.33. The molecule has 2 N–H and O–H groups in total. The van der Waals surface area contributed by atoms with Gasteiger partial charge < -0.3 is 9.90 Å². The maximum absolute atomic E-state index is 12.1. The molecule has 2 rings (SSSR count). The fraction of sp³-hybridized carbons (Fsp3) is 0.583. The molecule has 1 aliphatic rings. The highest BCUT2D eigenvalue weighted by molar-refractivity contribution is 7.87. The first-order valence-corrected chi connectivity index (χ1v) is 9.99. The minimum atomic E-state index is -4.26. The van der Waals surface area contributed by atoms with E-state index in [0.717, 1.165) is 10.5 Å². The van der Waals surface area contributed by atoms with Gasteiger partial charge in [0.05, 0.1) is 11.7 Å². The number of aromatic nitrogens is 1. The number of carbonyl (C=O) groups excluding carboxylic acids is 1. The van der Waals surface area contributed by atoms with Gasteiger partial charge in [-0.15, -0.1) is 0 Å². The Balaban J connectivity index is 2.28. The SMILES string of the molecule is CN(C)S(=O)(=O)N1CCC(c2ccn(S(N)(=O)=O)c2C(=O)[O-])CC1. The summed E-state index contributed by atoms with van der Waals surface area (Å²) in [5.41, 5.74) is -0.225. The van der Waals surface area contributed by atoms with Crippen LogP contribution in [0.4, 0.5) is 0 Å². The molecule has 0 aliphatic carbocycles. The maximum Gasteiger partial charge on any atom is 0.302 e. The van der Waals surface area contributed by atoms with Crippen molar-refractivity contribution in [3.8, 4) is 0 Å². The van der Waals surface area contributed by atoms with E-state index >= 15 is 0 Å². The standard InChI is InChI=1S/C12H20N4O6S2/c1-14(2)24(21,22)15-6-3-9(4-7-15)10-5-8-16(23(13,19)20)11(10)12(17)18/h5,8-9H,3-4,6-7H2,1-2H3,(H,17,18)(H2,13,19,20)/p-1. The summed E-state index contributed by atoms with van der Waals surface area (Å²) in [7, 11) is -4.93. The van der Waals surface area contributed by atoms with Crippen LogP contribution in [0.1, 0.15) is 34.8 Å². The van der Waals surface area contributed by atoms with Crippen molar-refractivity contribution in [1.29, 1.82) is 0 Å². The van der Waals surface area contributed by atoms with Crippen molar-refractivity contribution in [3.63, 3.8) is 0 Å². The summed E-state index contributed by atoms with van der Waals surface area (Å²) in [6, 6.07) is 1.37. The summed E-state index contributed by atoms with van der Waals surface area (Å²) in [6.07, 6.45) is 1.79. The van der Waals surface area contributed by atoms with E-state index in [4.69, 9.17) is 5.14 Å². The van der Waals surface area contributed by atoms with Gasteiger partial charge in [0.2, 0.25) is 0 Å². The molecule has 0 spiro atoms. The molecule has 1 aromatic rings. The molecule has 1 saturated heterocycles. The van der Waals surface area contributed by atoms with Crippen molar-refractivity contribution in [2.45, 2.75) is 18.8 Å². The third kappa shape index (κ3) is 3.47. The molecule has 0 amide bonds. The molecule has 1 aliphatic heterocycles. The maximum atomic E-state index is 12.1. The molecule has 2 heterocycles. The molecule has 136 valence electrons. The summed E-state index contributed by atoms with van der Waals surface area (Å²) in [4.78, 5) is 11.3. The van der Waals surface area contributed by atoms with Crippen LogP contribution in [0.25, 0.3) is 0 Å². The largest absolute Gasteiger partial charge is 0.543 e. The highest BCUT2D eigenvalue weighted by atomic mass is 32.2. The van der Waals surface area contributed by atoms with Gasteiger partial charge >= 0.3 is 10.2 Å². The highest BCUT2D eigenvalue weighted by Gasteiger charge is 2.32. The number of nitrogens with zero attached hydrogens (tertiary/aromatic N) is 3. The molecule has 0 aromatic carbocycles. The van der Waals surface area contributed by atoms with Crippen LogP contribution in [0.2, 0.25) is 0 Å². The Kier molecular flexibility index (Phi) is 5.06. The van der Waals surface area contributed by atoms with Crippen LogP contribution in [-0.4, -0.2) is 62.6 Å². The average Bonchev–Trinajstić information content (AvgIpc) is 2.92. The highest BCUT2D eigenvalue weighted by Crippen LogP contribution is 2.32. The fourth-order valence-electron chi connectivity index (χ4n) is 2.81. The quantitative estimate of drug-likeness (QED) is 0.619. The first kappa shape index (κ1) is 18.9. The summed E-state index contributed by atoms with van der Waals surface area (Å²) >= 11 is 0. The van der Waals surface area contributed by atoms with Crippen LogP contribution in [0.15, 0.2) is 12.3 Å². The van der Waals surface area contributed by atoms with Gasteiger partial charge in [0.15, 0.2) is 0 Å². The van der Waals surface area contributed by atoms with Crippen LogP contribution in [0.5, 0.6) is 0 Å². The Morgan fingerprint density at radius 1 is 1.25 bits per heavy atom. The molecular weight excluding hydrogens is 360 g/mol. The molecule has 0 saturated carbocycles. The van der Waals surface area contributed by atoms with Gasteiger partial charge in [0.1, 0.15) is 0 Å². The van der Waals surface area contributed by atoms with E-state index in [1.165, 1.54) is 24.5 Å². The second kappa shape index (κ2) is 6.44. The fourth-order valence-corrected chi connectivity index (χ4v) is 4.61. The predicted octanol–water partition coefficient (Wildman–Crippen LogP) is -2.11. The normalized spacial score (nSPS) is 18.2. The van der Waals surface area contributed by atoms with Crippen LogP contribution < -0.4 is 10.2 Å². The number of carbonyl (C=O) groups is 1. The van der Waals surface area contributed by atoms with Crippen molar-refractivity contribution in [2.75, 3.05) is 27.2 Å². The zero-order valence-corrected chi connectivity index (χ0v) is 14.9. The van der Waals surface area contributed by atoms with Gasteiger partial charge in [-0.25, -0.2) is 9.11 Å². The van der Waals surface area contributed by atoms with Crippen LogP contribution in [0.3, 0.4) is 0 Å². The molecule has 1 fully saturated rings. The molecule has 24 heavy (non-hydrogen) atoms. The van der Waals surface area contributed by atoms with Crippen molar-refractivity contribution in [3.05, 3.63) is 23.5 Å². The third-order valence-electron chi connectivity index (χ3n) is 4.03. The first-order valence-electron chi connectivity index (χ1n) is 7.09. The van der Waals surface area contributed by atoms with E-state index in [-0.39, 0.29) is 24.6 Å². The van der Waals surface area contributed by atoms with E-state index in [2.05, 4.69) is 0 Å². The minimum Gasteiger partial charge on any atom is -0.543 e. The Morgan fingerprint density at radius 3 is 2.21 bits per heavy atom. The monoisotopic (exact) mass is 379 g/mol. The summed E-state index contributed by atoms with van der Waals surface area (Å²) in [5, 5.41) is 16.3. The van der Waals surface area contributed by atoms with Crippen molar-refractivity contribution >= 4 is 26.4 Å². The molecular formula is C12H19N4O6S2-. The van der Waals surface area contributed by atoms with Gasteiger partial charge in [-0.1, -0.05) is 0 Å². The van der Waals surface area contributed by atoms with Crippen molar-refractivity contribution < 1.29 is 26.7 Å². The molecule has 10 nitrogen and oxygen atoms in total. The topological polar surface area (TPSA) is 146 Å². The molecule has 0 radical (unpaired) electrons. The zero-order valence-electron chi connectivity index (χ0n) is 13.2. The predicted molar refractivity (Wildman–Crippen MR) is 83.4 cm³/mol. The molecule has 12 heteroatoms. The number of hydrogen-bond acceptors (Lipinski definition) is 6. The lowest BCUT2D eigenvalue weighted by Crippen LogP contribution is -2.44. The molecule has 0 bridgehead atoms. The van der Waals surface area contributed by atoms with Gasteiger partial charge in [-0.2, -0.15) is 25.4 Å². The van der Waals surface area contributed by atoms with Crippen LogP contribution in [-0.2, 0) is 20.4 Å². The Labute approximate surface area is 140 Å². The number of hydrogen-bond donors (Lipinski definition) is 1. The smallest absolute Gasteiger partial charge is 0.302 e. The van der Waals surface area contributed by atoms with Crippen LogP contribution >= 0.6 is 0 Å². The average molecular weight is 379 g/mol. The van der Waals surface area contributed by atoms with Gasteiger partial charge in [0.25, 0.3) is 10.2 Å². The second-order valence-electron chi connectivity index (χ2n) is 5.71. The Morgan fingerprint density at radius 2 is 1.79 bits per heavy atom. The van der Waals surface area contributed by atoms with E-state index < -0.39 is 32.1 Å². The zero-order chi connectivity index (χ0) is 18.3. The van der Waals surface area contributed by atoms with Gasteiger partial charge in [-0.3, -0.25) is 0 Å². The number of aromatic carboxylic acids is 1. The molecule has 0 unspecified atom stereocenters. The molecule has 0 atom stereocenters.